The van der Waals surface area contributed by atoms with Crippen LogP contribution in [0.1, 0.15) is 44.1 Å². The highest BCUT2D eigenvalue weighted by Gasteiger charge is 2.18. The van der Waals surface area contributed by atoms with Crippen LogP contribution in [0.2, 0.25) is 0 Å². The molecule has 14 heavy (non-hydrogen) atoms. The molecule has 0 radical (unpaired) electrons. The highest BCUT2D eigenvalue weighted by atomic mass is 16.5. The van der Waals surface area contributed by atoms with Gasteiger partial charge in [-0.1, -0.05) is 19.0 Å². The summed E-state index contributed by atoms with van der Waals surface area (Å²) in [5.41, 5.74) is 0.982. The fourth-order valence-electron chi connectivity index (χ4n) is 1.67. The van der Waals surface area contributed by atoms with Gasteiger partial charge in [0.2, 0.25) is 0 Å². The lowest BCUT2D eigenvalue weighted by molar-refractivity contribution is 0.327. The zero-order chi connectivity index (χ0) is 10.4. The molecule has 1 aromatic rings. The molecular weight excluding hydrogens is 176 g/mol. The molecule has 0 aromatic carbocycles. The summed E-state index contributed by atoms with van der Waals surface area (Å²) in [6, 6.07) is 2.04. The van der Waals surface area contributed by atoms with Crippen LogP contribution in [-0.4, -0.2) is 18.2 Å². The van der Waals surface area contributed by atoms with Gasteiger partial charge in [-0.05, 0) is 26.3 Å². The minimum Gasteiger partial charge on any atom is -0.361 e. The minimum atomic E-state index is 0.542. The van der Waals surface area contributed by atoms with Gasteiger partial charge in [-0.3, -0.25) is 0 Å². The summed E-state index contributed by atoms with van der Waals surface area (Å²) in [4.78, 5) is 0. The zero-order valence-corrected chi connectivity index (χ0v) is 9.34. The van der Waals surface area contributed by atoms with Crippen molar-refractivity contribution in [1.29, 1.82) is 0 Å². The van der Waals surface area contributed by atoms with E-state index in [1.54, 1.807) is 0 Å². The maximum absolute atomic E-state index is 5.21. The molecule has 1 aliphatic heterocycles. The Morgan fingerprint density at radius 2 is 2.29 bits per heavy atom. The summed E-state index contributed by atoms with van der Waals surface area (Å²) in [6.45, 7) is 8.14. The molecule has 80 valence electrons. The Balaban J connectivity index is 0.000000461. The van der Waals surface area contributed by atoms with E-state index >= 15 is 0 Å². The number of aromatic nitrogens is 1. The Labute approximate surface area is 85.9 Å². The maximum Gasteiger partial charge on any atom is 0.141 e. The highest BCUT2D eigenvalue weighted by molar-refractivity contribution is 5.09. The minimum absolute atomic E-state index is 0.542. The lowest BCUT2D eigenvalue weighted by Gasteiger charge is -2.19. The summed E-state index contributed by atoms with van der Waals surface area (Å²) in [6.07, 6.45) is 2.46. The normalized spacial score (nSPS) is 21.2. The Morgan fingerprint density at radius 3 is 2.79 bits per heavy atom. The van der Waals surface area contributed by atoms with Crippen molar-refractivity contribution in [3.63, 3.8) is 0 Å². The first-order valence-corrected chi connectivity index (χ1v) is 5.50. The van der Waals surface area contributed by atoms with Crippen LogP contribution in [0.25, 0.3) is 0 Å². The lowest BCUT2D eigenvalue weighted by Crippen LogP contribution is -2.28. The summed E-state index contributed by atoms with van der Waals surface area (Å²) in [5, 5.41) is 7.24. The first-order chi connectivity index (χ1) is 6.86. The fraction of sp³-hybridized carbons (Fsp3) is 0.727. The predicted molar refractivity (Wildman–Crippen MR) is 57.4 cm³/mol. The predicted octanol–water partition coefficient (Wildman–Crippen LogP) is 2.48. The molecule has 0 aliphatic carbocycles. The van der Waals surface area contributed by atoms with Crippen LogP contribution in [0.4, 0.5) is 0 Å². The topological polar surface area (TPSA) is 38.1 Å². The van der Waals surface area contributed by atoms with Gasteiger partial charge in [0, 0.05) is 18.5 Å². The Kier molecular flexibility index (Phi) is 4.66. The molecule has 2 heterocycles. The number of hydrogen-bond acceptors (Lipinski definition) is 3. The largest absolute Gasteiger partial charge is 0.361 e. The summed E-state index contributed by atoms with van der Waals surface area (Å²) < 4.78 is 5.21. The highest BCUT2D eigenvalue weighted by Crippen LogP contribution is 2.23. The summed E-state index contributed by atoms with van der Waals surface area (Å²) in [7, 11) is 0. The monoisotopic (exact) mass is 196 g/mol. The first-order valence-electron chi connectivity index (χ1n) is 5.50. The smallest absolute Gasteiger partial charge is 0.141 e. The fourth-order valence-corrected chi connectivity index (χ4v) is 1.67. The Bertz CT molecular complexity index is 252. The first kappa shape index (κ1) is 11.2. The van der Waals surface area contributed by atoms with Crippen molar-refractivity contribution >= 4 is 0 Å². The Morgan fingerprint density at radius 1 is 1.50 bits per heavy atom. The molecule has 1 N–H and O–H groups in total. The van der Waals surface area contributed by atoms with Crippen LogP contribution < -0.4 is 5.32 Å². The van der Waals surface area contributed by atoms with Crippen LogP contribution in [0.5, 0.6) is 0 Å². The molecule has 1 aromatic heterocycles. The number of rotatable bonds is 1. The molecule has 1 saturated heterocycles. The molecule has 1 atom stereocenters. The van der Waals surface area contributed by atoms with E-state index in [-0.39, 0.29) is 0 Å². The van der Waals surface area contributed by atoms with E-state index < -0.39 is 0 Å². The SMILES string of the molecule is CC.Cc1cc([C@H]2CCCNC2)on1. The molecular formula is C11H20N2O. The summed E-state index contributed by atoms with van der Waals surface area (Å²) >= 11 is 0. The molecule has 0 unspecified atom stereocenters. The van der Waals surface area contributed by atoms with Crippen molar-refractivity contribution in [2.75, 3.05) is 13.1 Å². The summed E-state index contributed by atoms with van der Waals surface area (Å²) in [5.74, 6) is 1.58. The average Bonchev–Trinajstić information content (AvgIpc) is 2.69. The molecule has 0 amide bonds. The number of aryl methyl sites for hydroxylation is 1. The third-order valence-electron chi connectivity index (χ3n) is 2.35. The number of hydrogen-bond donors (Lipinski definition) is 1. The van der Waals surface area contributed by atoms with Crippen LogP contribution in [0, 0.1) is 6.92 Å². The molecule has 1 aliphatic rings. The Hall–Kier alpha value is -0.830. The average molecular weight is 196 g/mol. The number of nitrogens with one attached hydrogen (secondary N) is 1. The van der Waals surface area contributed by atoms with Crippen LogP contribution in [-0.2, 0) is 0 Å². The number of nitrogens with zero attached hydrogens (tertiary/aromatic N) is 1. The molecule has 2 rings (SSSR count). The lowest BCUT2D eigenvalue weighted by atomic mass is 9.97. The van der Waals surface area contributed by atoms with E-state index in [0.717, 1.165) is 24.5 Å². The van der Waals surface area contributed by atoms with E-state index in [4.69, 9.17) is 4.52 Å². The van der Waals surface area contributed by atoms with Crippen molar-refractivity contribution in [2.45, 2.75) is 39.5 Å². The second kappa shape index (κ2) is 5.81. The quantitative estimate of drug-likeness (QED) is 0.750. The van der Waals surface area contributed by atoms with Crippen molar-refractivity contribution in [1.82, 2.24) is 10.5 Å². The third-order valence-corrected chi connectivity index (χ3v) is 2.35. The molecule has 0 bridgehead atoms. The molecule has 1 fully saturated rings. The van der Waals surface area contributed by atoms with E-state index in [2.05, 4.69) is 10.5 Å². The second-order valence-electron chi connectivity index (χ2n) is 3.41. The number of piperidine rings is 1. The van der Waals surface area contributed by atoms with E-state index in [1.807, 2.05) is 26.8 Å². The zero-order valence-electron chi connectivity index (χ0n) is 9.34. The van der Waals surface area contributed by atoms with Crippen molar-refractivity contribution in [2.24, 2.45) is 0 Å². The van der Waals surface area contributed by atoms with Crippen LogP contribution in [0.3, 0.4) is 0 Å². The van der Waals surface area contributed by atoms with Gasteiger partial charge in [0.15, 0.2) is 0 Å². The maximum atomic E-state index is 5.21. The van der Waals surface area contributed by atoms with Gasteiger partial charge in [0.1, 0.15) is 5.76 Å². The van der Waals surface area contributed by atoms with E-state index in [9.17, 15) is 0 Å². The van der Waals surface area contributed by atoms with Crippen molar-refractivity contribution in [3.05, 3.63) is 17.5 Å². The van der Waals surface area contributed by atoms with Gasteiger partial charge < -0.3 is 9.84 Å². The van der Waals surface area contributed by atoms with Gasteiger partial charge in [-0.15, -0.1) is 0 Å². The van der Waals surface area contributed by atoms with E-state index in [1.165, 1.54) is 12.8 Å². The van der Waals surface area contributed by atoms with Gasteiger partial charge in [-0.25, -0.2) is 0 Å². The van der Waals surface area contributed by atoms with Gasteiger partial charge in [0.25, 0.3) is 0 Å². The van der Waals surface area contributed by atoms with Gasteiger partial charge in [-0.2, -0.15) is 0 Å². The van der Waals surface area contributed by atoms with Crippen molar-refractivity contribution in [3.8, 4) is 0 Å². The van der Waals surface area contributed by atoms with Crippen LogP contribution in [0.15, 0.2) is 10.6 Å². The van der Waals surface area contributed by atoms with Gasteiger partial charge in [0.05, 0.1) is 5.69 Å². The molecule has 3 nitrogen and oxygen atoms in total. The molecule has 0 saturated carbocycles. The third kappa shape index (κ3) is 2.84. The second-order valence-corrected chi connectivity index (χ2v) is 3.41. The molecule has 3 heteroatoms. The van der Waals surface area contributed by atoms with Crippen LogP contribution >= 0.6 is 0 Å². The van der Waals surface area contributed by atoms with E-state index in [0.29, 0.717) is 5.92 Å². The molecule has 0 spiro atoms. The van der Waals surface area contributed by atoms with Crippen molar-refractivity contribution < 1.29 is 4.52 Å². The standard InChI is InChI=1S/C9H14N2O.C2H6/c1-7-5-9(12-11-7)8-3-2-4-10-6-8;1-2/h5,8,10H,2-4,6H2,1H3;1-2H3/t8-;/m0./s1. The van der Waals surface area contributed by atoms with Gasteiger partial charge >= 0.3 is 0 Å².